The second kappa shape index (κ2) is 8.33. The highest BCUT2D eigenvalue weighted by atomic mass is 35.5. The molecule has 128 valence electrons. The van der Waals surface area contributed by atoms with Crippen LogP contribution < -0.4 is 5.43 Å². The molecule has 0 unspecified atom stereocenters. The largest absolute Gasteiger partial charge is 0.265 e. The van der Waals surface area contributed by atoms with Crippen LogP contribution in [-0.4, -0.2) is 25.9 Å². The summed E-state index contributed by atoms with van der Waals surface area (Å²) >= 11 is 13.4. The lowest BCUT2D eigenvalue weighted by atomic mass is 10.2. The molecule has 0 bridgehead atoms. The topological polar surface area (TPSA) is 78.9 Å². The SMILES string of the molecule is C/C(=N\Nc1nc(SCc2ccc(Cl)c(Cl)c2)n[nH]1)c1ccncc1. The first-order valence-corrected chi connectivity index (χ1v) is 9.06. The number of rotatable bonds is 6. The van der Waals surface area contributed by atoms with Gasteiger partial charge in [0.1, 0.15) is 0 Å². The van der Waals surface area contributed by atoms with E-state index in [2.05, 4.69) is 30.7 Å². The molecule has 0 spiro atoms. The third-order valence-corrected chi connectivity index (χ3v) is 4.90. The summed E-state index contributed by atoms with van der Waals surface area (Å²) in [7, 11) is 0. The summed E-state index contributed by atoms with van der Waals surface area (Å²) in [5.41, 5.74) is 5.72. The number of pyridine rings is 1. The van der Waals surface area contributed by atoms with Gasteiger partial charge in [-0.3, -0.25) is 4.98 Å². The molecule has 0 fully saturated rings. The smallest absolute Gasteiger partial charge is 0.240 e. The van der Waals surface area contributed by atoms with Gasteiger partial charge in [0.15, 0.2) is 0 Å². The fraction of sp³-hybridized carbons (Fsp3) is 0.125. The molecule has 0 aliphatic rings. The van der Waals surface area contributed by atoms with Gasteiger partial charge < -0.3 is 0 Å². The van der Waals surface area contributed by atoms with Crippen LogP contribution in [0.3, 0.4) is 0 Å². The van der Waals surface area contributed by atoms with Crippen LogP contribution in [0.4, 0.5) is 5.95 Å². The Morgan fingerprint density at radius 1 is 1.20 bits per heavy atom. The maximum atomic E-state index is 6.01. The molecule has 2 heterocycles. The number of hydrogen-bond acceptors (Lipinski definition) is 6. The number of hydrazone groups is 1. The second-order valence-electron chi connectivity index (χ2n) is 5.05. The van der Waals surface area contributed by atoms with Gasteiger partial charge in [0.2, 0.25) is 11.1 Å². The van der Waals surface area contributed by atoms with Gasteiger partial charge in [0.25, 0.3) is 0 Å². The highest BCUT2D eigenvalue weighted by molar-refractivity contribution is 7.98. The van der Waals surface area contributed by atoms with Crippen LogP contribution in [0.15, 0.2) is 53.0 Å². The first kappa shape index (κ1) is 17.7. The van der Waals surface area contributed by atoms with Crippen LogP contribution in [0.1, 0.15) is 18.1 Å². The van der Waals surface area contributed by atoms with Crippen LogP contribution in [0.25, 0.3) is 0 Å². The summed E-state index contributed by atoms with van der Waals surface area (Å²) in [6, 6.07) is 9.32. The van der Waals surface area contributed by atoms with Crippen LogP contribution in [-0.2, 0) is 5.75 Å². The van der Waals surface area contributed by atoms with Crippen LogP contribution in [0.2, 0.25) is 10.0 Å². The lowest BCUT2D eigenvalue weighted by Gasteiger charge is -2.01. The Labute approximate surface area is 159 Å². The average Bonchev–Trinajstić information content (AvgIpc) is 3.09. The molecule has 0 aliphatic carbocycles. The van der Waals surface area contributed by atoms with Crippen molar-refractivity contribution < 1.29 is 0 Å². The average molecular weight is 393 g/mol. The van der Waals surface area contributed by atoms with Crippen molar-refractivity contribution in [2.75, 3.05) is 5.43 Å². The molecule has 2 N–H and O–H groups in total. The van der Waals surface area contributed by atoms with E-state index in [0.29, 0.717) is 26.9 Å². The van der Waals surface area contributed by atoms with E-state index in [4.69, 9.17) is 23.2 Å². The Morgan fingerprint density at radius 2 is 2.00 bits per heavy atom. The molecule has 6 nitrogen and oxygen atoms in total. The summed E-state index contributed by atoms with van der Waals surface area (Å²) in [5, 5.41) is 12.9. The van der Waals surface area contributed by atoms with E-state index >= 15 is 0 Å². The molecule has 0 amide bonds. The highest BCUT2D eigenvalue weighted by Gasteiger charge is 2.06. The lowest BCUT2D eigenvalue weighted by Crippen LogP contribution is -2.00. The van der Waals surface area contributed by atoms with Crippen molar-refractivity contribution in [3.05, 3.63) is 63.9 Å². The number of benzene rings is 1. The Bertz CT molecular complexity index is 881. The van der Waals surface area contributed by atoms with Crippen molar-refractivity contribution in [1.29, 1.82) is 0 Å². The molecule has 3 aromatic rings. The number of nitrogens with zero attached hydrogens (tertiary/aromatic N) is 4. The second-order valence-corrected chi connectivity index (χ2v) is 6.81. The minimum atomic E-state index is 0.477. The summed E-state index contributed by atoms with van der Waals surface area (Å²) in [6.45, 7) is 1.90. The number of aromatic amines is 1. The Kier molecular flexibility index (Phi) is 5.91. The number of thioether (sulfide) groups is 1. The van der Waals surface area contributed by atoms with Gasteiger partial charge in [-0.05, 0) is 36.8 Å². The van der Waals surface area contributed by atoms with Crippen molar-refractivity contribution in [2.24, 2.45) is 5.10 Å². The zero-order chi connectivity index (χ0) is 17.6. The molecular formula is C16H14Cl2N6S. The van der Waals surface area contributed by atoms with Gasteiger partial charge in [-0.25, -0.2) is 10.5 Å². The van der Waals surface area contributed by atoms with Gasteiger partial charge >= 0.3 is 0 Å². The van der Waals surface area contributed by atoms with Crippen molar-refractivity contribution in [3.63, 3.8) is 0 Å². The summed E-state index contributed by atoms with van der Waals surface area (Å²) < 4.78 is 0. The molecule has 0 atom stereocenters. The molecule has 25 heavy (non-hydrogen) atoms. The van der Waals surface area contributed by atoms with Crippen LogP contribution in [0, 0.1) is 0 Å². The first-order valence-electron chi connectivity index (χ1n) is 7.31. The lowest BCUT2D eigenvalue weighted by molar-refractivity contribution is 0.972. The third kappa shape index (κ3) is 4.94. The van der Waals surface area contributed by atoms with Crippen molar-refractivity contribution in [3.8, 4) is 0 Å². The third-order valence-electron chi connectivity index (χ3n) is 3.24. The normalized spacial score (nSPS) is 11.6. The predicted molar refractivity (Wildman–Crippen MR) is 102 cm³/mol. The monoisotopic (exact) mass is 392 g/mol. The zero-order valence-electron chi connectivity index (χ0n) is 13.2. The molecule has 3 rings (SSSR count). The minimum absolute atomic E-state index is 0.477. The molecular weight excluding hydrogens is 379 g/mol. The molecule has 0 saturated heterocycles. The summed E-state index contributed by atoms with van der Waals surface area (Å²) in [6.07, 6.45) is 3.45. The van der Waals surface area contributed by atoms with E-state index in [0.717, 1.165) is 16.8 Å². The summed E-state index contributed by atoms with van der Waals surface area (Å²) in [5.74, 6) is 1.16. The maximum absolute atomic E-state index is 6.01. The predicted octanol–water partition coefficient (Wildman–Crippen LogP) is 4.63. The van der Waals surface area contributed by atoms with Gasteiger partial charge in [-0.1, -0.05) is 41.0 Å². The van der Waals surface area contributed by atoms with Crippen LogP contribution >= 0.6 is 35.0 Å². The highest BCUT2D eigenvalue weighted by Crippen LogP contribution is 2.26. The Hall–Kier alpha value is -2.09. The van der Waals surface area contributed by atoms with E-state index in [1.165, 1.54) is 11.8 Å². The first-order chi connectivity index (χ1) is 12.1. The van der Waals surface area contributed by atoms with E-state index < -0.39 is 0 Å². The maximum Gasteiger partial charge on any atom is 0.240 e. The van der Waals surface area contributed by atoms with E-state index in [9.17, 15) is 0 Å². The number of nitrogens with one attached hydrogen (secondary N) is 2. The van der Waals surface area contributed by atoms with Gasteiger partial charge in [0, 0.05) is 23.7 Å². The van der Waals surface area contributed by atoms with E-state index in [1.54, 1.807) is 18.5 Å². The number of halogens is 2. The Balaban J connectivity index is 1.58. The molecule has 0 radical (unpaired) electrons. The number of H-pyrrole nitrogens is 1. The number of aromatic nitrogens is 4. The van der Waals surface area contributed by atoms with Crippen molar-refractivity contribution >= 4 is 46.6 Å². The zero-order valence-corrected chi connectivity index (χ0v) is 15.5. The Morgan fingerprint density at radius 3 is 2.76 bits per heavy atom. The quantitative estimate of drug-likeness (QED) is 0.363. The van der Waals surface area contributed by atoms with Crippen molar-refractivity contribution in [2.45, 2.75) is 17.8 Å². The number of anilines is 1. The fourth-order valence-electron chi connectivity index (χ4n) is 1.93. The molecule has 0 saturated carbocycles. The molecule has 0 aliphatic heterocycles. The summed E-state index contributed by atoms with van der Waals surface area (Å²) in [4.78, 5) is 8.32. The van der Waals surface area contributed by atoms with Gasteiger partial charge in [0.05, 0.1) is 15.8 Å². The standard InChI is InChI=1S/C16H14Cl2N6S/c1-10(12-4-6-19-7-5-12)21-22-15-20-16(24-23-15)25-9-11-2-3-13(17)14(18)8-11/h2-8H,9H2,1H3,(H2,20,22,23,24)/b21-10+. The number of hydrogen-bond donors (Lipinski definition) is 2. The molecule has 2 aromatic heterocycles. The fourth-order valence-corrected chi connectivity index (χ4v) is 2.99. The minimum Gasteiger partial charge on any atom is -0.265 e. The van der Waals surface area contributed by atoms with Crippen LogP contribution in [0.5, 0.6) is 0 Å². The molecule has 1 aromatic carbocycles. The van der Waals surface area contributed by atoms with Gasteiger partial charge in [-0.15, -0.1) is 5.10 Å². The van der Waals surface area contributed by atoms with E-state index in [1.807, 2.05) is 31.2 Å². The molecule has 9 heteroatoms. The van der Waals surface area contributed by atoms with Gasteiger partial charge in [-0.2, -0.15) is 10.1 Å². The van der Waals surface area contributed by atoms with E-state index in [-0.39, 0.29) is 0 Å². The van der Waals surface area contributed by atoms with Crippen molar-refractivity contribution in [1.82, 2.24) is 20.2 Å².